The Hall–Kier alpha value is -2.43. The minimum atomic E-state index is -0.828. The maximum Gasteiger partial charge on any atom is 0.204 e. The molecule has 3 atom stereocenters. The van der Waals surface area contributed by atoms with E-state index < -0.39 is 5.79 Å². The van der Waals surface area contributed by atoms with E-state index in [9.17, 15) is 0 Å². The predicted octanol–water partition coefficient (Wildman–Crippen LogP) is 4.34. The lowest BCUT2D eigenvalue weighted by Gasteiger charge is -2.37. The minimum Gasteiger partial charge on any atom is -0.340 e. The predicted molar refractivity (Wildman–Crippen MR) is 101 cm³/mol. The Morgan fingerprint density at radius 1 is 0.962 bits per heavy atom. The lowest BCUT2D eigenvalue weighted by molar-refractivity contribution is -0.202. The smallest absolute Gasteiger partial charge is 0.204 e. The highest BCUT2D eigenvalue weighted by Crippen LogP contribution is 2.48. The number of aromatic nitrogens is 2. The molecule has 2 heterocycles. The van der Waals surface area contributed by atoms with Crippen LogP contribution in [-0.2, 0) is 21.8 Å². The lowest BCUT2D eigenvalue weighted by Crippen LogP contribution is -2.38. The van der Waals surface area contributed by atoms with Crippen LogP contribution in [0.5, 0.6) is 0 Å². The zero-order valence-electron chi connectivity index (χ0n) is 15.2. The van der Waals surface area contributed by atoms with Crippen molar-refractivity contribution in [2.45, 2.75) is 44.3 Å². The summed E-state index contributed by atoms with van der Waals surface area (Å²) in [6.07, 6.45) is 5.67. The van der Waals surface area contributed by atoms with E-state index in [1.165, 1.54) is 5.56 Å². The summed E-state index contributed by atoms with van der Waals surface area (Å²) in [6.45, 7) is 4.88. The Labute approximate surface area is 154 Å². The fourth-order valence-corrected chi connectivity index (χ4v) is 3.68. The van der Waals surface area contributed by atoms with Gasteiger partial charge in [0.2, 0.25) is 5.79 Å². The van der Waals surface area contributed by atoms with Gasteiger partial charge < -0.3 is 14.0 Å². The van der Waals surface area contributed by atoms with E-state index in [0.717, 1.165) is 12.1 Å². The molecule has 0 saturated carbocycles. The van der Waals surface area contributed by atoms with Crippen molar-refractivity contribution < 1.29 is 9.47 Å². The Balaban J connectivity index is 1.84. The van der Waals surface area contributed by atoms with Gasteiger partial charge in [-0.05, 0) is 19.4 Å². The normalized spacial score (nSPS) is 26.7. The fraction of sp³-hybridized carbons (Fsp3) is 0.318. The van der Waals surface area contributed by atoms with Gasteiger partial charge in [0.05, 0.1) is 24.5 Å². The van der Waals surface area contributed by atoms with E-state index in [0.29, 0.717) is 0 Å². The number of benzene rings is 2. The third-order valence-corrected chi connectivity index (χ3v) is 5.17. The Morgan fingerprint density at radius 3 is 2.15 bits per heavy atom. The van der Waals surface area contributed by atoms with Crippen LogP contribution in [0.1, 0.15) is 30.9 Å². The van der Waals surface area contributed by atoms with Crippen LogP contribution in [0.2, 0.25) is 0 Å². The van der Waals surface area contributed by atoms with Crippen LogP contribution in [0.3, 0.4) is 0 Å². The topological polar surface area (TPSA) is 36.3 Å². The highest BCUT2D eigenvalue weighted by molar-refractivity contribution is 5.30. The highest BCUT2D eigenvalue weighted by atomic mass is 16.8. The molecule has 0 N–H and O–H groups in total. The third kappa shape index (κ3) is 3.06. The quantitative estimate of drug-likeness (QED) is 0.688. The number of nitrogens with zero attached hydrogens (tertiary/aromatic N) is 2. The first-order chi connectivity index (χ1) is 12.7. The van der Waals surface area contributed by atoms with Crippen LogP contribution in [0.4, 0.5) is 0 Å². The second-order valence-electron chi connectivity index (χ2n) is 6.90. The van der Waals surface area contributed by atoms with Gasteiger partial charge in [0.1, 0.15) is 0 Å². The molecule has 1 fully saturated rings. The summed E-state index contributed by atoms with van der Waals surface area (Å²) in [4.78, 5) is 4.20. The van der Waals surface area contributed by atoms with Crippen LogP contribution < -0.4 is 0 Å². The molecule has 4 heteroatoms. The number of ether oxygens (including phenoxy) is 2. The number of imidazole rings is 1. The third-order valence-electron chi connectivity index (χ3n) is 5.17. The van der Waals surface area contributed by atoms with Crippen LogP contribution >= 0.6 is 0 Å². The summed E-state index contributed by atoms with van der Waals surface area (Å²) in [5.74, 6) is -0.834. The van der Waals surface area contributed by atoms with Crippen molar-refractivity contribution in [1.82, 2.24) is 9.55 Å². The molecule has 0 radical (unpaired) electrons. The van der Waals surface area contributed by atoms with Crippen molar-refractivity contribution in [3.8, 4) is 0 Å². The van der Waals surface area contributed by atoms with Gasteiger partial charge in [-0.2, -0.15) is 0 Å². The SMILES string of the molecule is CC1OC(c2ccccc2)(C(Cn2ccnc2)c2ccccc2)OC1C. The second kappa shape index (κ2) is 7.06. The Bertz CT molecular complexity index is 808. The first-order valence-electron chi connectivity index (χ1n) is 9.11. The van der Waals surface area contributed by atoms with Crippen molar-refractivity contribution in [2.75, 3.05) is 0 Å². The molecular formula is C22H24N2O2. The first-order valence-corrected chi connectivity index (χ1v) is 9.11. The molecule has 0 amide bonds. The first kappa shape index (κ1) is 17.0. The molecule has 0 bridgehead atoms. The van der Waals surface area contributed by atoms with Crippen molar-refractivity contribution in [3.05, 3.63) is 90.5 Å². The largest absolute Gasteiger partial charge is 0.340 e. The van der Waals surface area contributed by atoms with Gasteiger partial charge in [0, 0.05) is 24.5 Å². The molecule has 4 rings (SSSR count). The molecule has 0 aliphatic carbocycles. The fourth-order valence-electron chi connectivity index (χ4n) is 3.68. The highest BCUT2D eigenvalue weighted by Gasteiger charge is 2.51. The van der Waals surface area contributed by atoms with Gasteiger partial charge in [-0.3, -0.25) is 0 Å². The summed E-state index contributed by atoms with van der Waals surface area (Å²) >= 11 is 0. The Morgan fingerprint density at radius 2 is 1.58 bits per heavy atom. The molecule has 2 aromatic carbocycles. The van der Waals surface area contributed by atoms with Gasteiger partial charge in [0.25, 0.3) is 0 Å². The summed E-state index contributed by atoms with van der Waals surface area (Å²) in [7, 11) is 0. The van der Waals surface area contributed by atoms with E-state index in [2.05, 4.69) is 59.8 Å². The van der Waals surface area contributed by atoms with E-state index in [-0.39, 0.29) is 18.1 Å². The average molecular weight is 348 g/mol. The van der Waals surface area contributed by atoms with Crippen LogP contribution in [-0.4, -0.2) is 21.8 Å². The maximum absolute atomic E-state index is 6.56. The summed E-state index contributed by atoms with van der Waals surface area (Å²) in [6, 6.07) is 20.7. The molecule has 1 saturated heterocycles. The molecule has 1 aliphatic rings. The van der Waals surface area contributed by atoms with Gasteiger partial charge >= 0.3 is 0 Å². The van der Waals surface area contributed by atoms with Gasteiger partial charge in [-0.25, -0.2) is 4.98 Å². The molecule has 0 spiro atoms. The second-order valence-corrected chi connectivity index (χ2v) is 6.90. The van der Waals surface area contributed by atoms with E-state index in [1.54, 1.807) is 6.20 Å². The van der Waals surface area contributed by atoms with Crippen molar-refractivity contribution in [1.29, 1.82) is 0 Å². The molecule has 3 unspecified atom stereocenters. The lowest BCUT2D eigenvalue weighted by atomic mass is 9.85. The molecule has 134 valence electrons. The molecule has 26 heavy (non-hydrogen) atoms. The average Bonchev–Trinajstić information content (AvgIpc) is 3.30. The van der Waals surface area contributed by atoms with E-state index in [4.69, 9.17) is 9.47 Å². The molecular weight excluding hydrogens is 324 g/mol. The van der Waals surface area contributed by atoms with Crippen LogP contribution in [0, 0.1) is 0 Å². The van der Waals surface area contributed by atoms with Crippen LogP contribution in [0.25, 0.3) is 0 Å². The number of hydrogen-bond acceptors (Lipinski definition) is 3. The molecule has 1 aromatic heterocycles. The standard InChI is InChI=1S/C22H24N2O2/c1-17-18(2)26-22(25-17,20-11-7-4-8-12-20)21(15-24-14-13-23-16-24)19-9-5-3-6-10-19/h3-14,16-18,21H,15H2,1-2H3. The number of hydrogen-bond donors (Lipinski definition) is 0. The van der Waals surface area contributed by atoms with Gasteiger partial charge in [-0.15, -0.1) is 0 Å². The van der Waals surface area contributed by atoms with Gasteiger partial charge in [0.15, 0.2) is 0 Å². The van der Waals surface area contributed by atoms with E-state index >= 15 is 0 Å². The number of rotatable bonds is 5. The van der Waals surface area contributed by atoms with E-state index in [1.807, 2.05) is 36.8 Å². The van der Waals surface area contributed by atoms with Gasteiger partial charge in [-0.1, -0.05) is 60.7 Å². The van der Waals surface area contributed by atoms with Crippen molar-refractivity contribution >= 4 is 0 Å². The summed E-state index contributed by atoms with van der Waals surface area (Å²) in [5.41, 5.74) is 2.23. The van der Waals surface area contributed by atoms with Crippen LogP contribution in [0.15, 0.2) is 79.4 Å². The van der Waals surface area contributed by atoms with Crippen molar-refractivity contribution in [3.63, 3.8) is 0 Å². The Kier molecular flexibility index (Phi) is 4.62. The zero-order chi connectivity index (χ0) is 18.0. The minimum absolute atomic E-state index is 0.00676. The summed E-state index contributed by atoms with van der Waals surface area (Å²) in [5, 5.41) is 0. The monoisotopic (exact) mass is 348 g/mol. The summed E-state index contributed by atoms with van der Waals surface area (Å²) < 4.78 is 15.2. The van der Waals surface area contributed by atoms with Crippen molar-refractivity contribution in [2.24, 2.45) is 0 Å². The molecule has 1 aliphatic heterocycles. The zero-order valence-corrected chi connectivity index (χ0v) is 15.2. The molecule has 4 nitrogen and oxygen atoms in total. The molecule has 3 aromatic rings. The maximum atomic E-state index is 6.56.